The van der Waals surface area contributed by atoms with E-state index >= 15 is 0 Å². The van der Waals surface area contributed by atoms with E-state index in [2.05, 4.69) is 17.1 Å². The number of carbonyl (C=O) groups excluding carboxylic acids is 1. The van der Waals surface area contributed by atoms with Crippen molar-refractivity contribution in [3.05, 3.63) is 0 Å². The fraction of sp³-hybridized carbons (Fsp3) is 0.889. The Balaban J connectivity index is 1.74. The summed E-state index contributed by atoms with van der Waals surface area (Å²) in [7, 11) is 1.71. The number of ether oxygens (including phenoxy) is 1. The quantitative estimate of drug-likeness (QED) is 0.621. The normalized spacial score (nSPS) is 26.6. The van der Waals surface area contributed by atoms with E-state index in [9.17, 15) is 9.59 Å². The summed E-state index contributed by atoms with van der Waals surface area (Å²) in [5, 5.41) is 12.1. The smallest absolute Gasteiger partial charge is 0.317 e. The molecule has 0 bridgehead atoms. The van der Waals surface area contributed by atoms with Crippen LogP contribution in [0.5, 0.6) is 0 Å². The molecule has 2 amide bonds. The summed E-state index contributed by atoms with van der Waals surface area (Å²) in [5.74, 6) is -0.795. The van der Waals surface area contributed by atoms with Crippen LogP contribution >= 0.6 is 0 Å². The predicted molar refractivity (Wildman–Crippen MR) is 99.3 cm³/mol. The number of piperazine rings is 1. The van der Waals surface area contributed by atoms with Gasteiger partial charge in [0.15, 0.2) is 0 Å². The van der Waals surface area contributed by atoms with Crippen molar-refractivity contribution >= 4 is 12.0 Å². The fourth-order valence-corrected chi connectivity index (χ4v) is 3.91. The summed E-state index contributed by atoms with van der Waals surface area (Å²) in [4.78, 5) is 29.8. The molecule has 26 heavy (non-hydrogen) atoms. The topological polar surface area (TPSA) is 85.4 Å². The highest BCUT2D eigenvalue weighted by Crippen LogP contribution is 2.26. The lowest BCUT2D eigenvalue weighted by molar-refractivity contribution is -0.139. The van der Waals surface area contributed by atoms with E-state index < -0.39 is 5.97 Å². The molecule has 1 unspecified atom stereocenters. The van der Waals surface area contributed by atoms with Crippen LogP contribution in [-0.2, 0) is 9.53 Å². The standard InChI is InChI=1S/C18H34N4O4/c1-4-15-12-22(7-6-21(15)8-9-26-3)18(25)19-14-10-16(11-14)20(5-2)13-17(23)24/h14-16H,4-13H2,1-3H3,(H,19,25)(H,23,24). The number of aliphatic carboxylic acids is 1. The van der Waals surface area contributed by atoms with Gasteiger partial charge in [-0.3, -0.25) is 14.6 Å². The Hall–Kier alpha value is -1.38. The predicted octanol–water partition coefficient (Wildman–Crippen LogP) is 0.676. The van der Waals surface area contributed by atoms with Crippen molar-refractivity contribution < 1.29 is 19.4 Å². The van der Waals surface area contributed by atoms with Crippen LogP contribution in [0, 0.1) is 0 Å². The molecule has 1 aliphatic carbocycles. The molecule has 1 saturated carbocycles. The van der Waals surface area contributed by atoms with Crippen LogP contribution in [0.2, 0.25) is 0 Å². The molecule has 1 aliphatic heterocycles. The summed E-state index contributed by atoms with van der Waals surface area (Å²) in [6, 6.07) is 0.808. The minimum absolute atomic E-state index is 0.0135. The van der Waals surface area contributed by atoms with Gasteiger partial charge in [-0.2, -0.15) is 0 Å². The molecule has 1 atom stereocenters. The Morgan fingerprint density at radius 3 is 2.58 bits per heavy atom. The van der Waals surface area contributed by atoms with Gasteiger partial charge in [-0.05, 0) is 25.8 Å². The van der Waals surface area contributed by atoms with Gasteiger partial charge in [0.1, 0.15) is 0 Å². The number of amides is 2. The Morgan fingerprint density at radius 1 is 1.27 bits per heavy atom. The molecule has 150 valence electrons. The first kappa shape index (κ1) is 20.9. The average molecular weight is 370 g/mol. The number of urea groups is 1. The van der Waals surface area contributed by atoms with Crippen molar-refractivity contribution in [2.75, 3.05) is 53.0 Å². The number of hydrogen-bond acceptors (Lipinski definition) is 5. The third-order valence-corrected chi connectivity index (χ3v) is 5.65. The number of carboxylic acids is 1. The van der Waals surface area contributed by atoms with Crippen LogP contribution in [0.25, 0.3) is 0 Å². The van der Waals surface area contributed by atoms with Crippen molar-refractivity contribution in [1.29, 1.82) is 0 Å². The molecule has 0 radical (unpaired) electrons. The number of nitrogens with zero attached hydrogens (tertiary/aromatic N) is 3. The molecule has 2 N–H and O–H groups in total. The summed E-state index contributed by atoms with van der Waals surface area (Å²) < 4.78 is 5.17. The van der Waals surface area contributed by atoms with E-state index in [1.165, 1.54) is 0 Å². The van der Waals surface area contributed by atoms with Crippen LogP contribution in [0.4, 0.5) is 4.79 Å². The molecule has 2 rings (SSSR count). The molecule has 8 heteroatoms. The SMILES string of the molecule is CCC1CN(C(=O)NC2CC(N(CC)CC(=O)O)C2)CCN1CCOC. The lowest BCUT2D eigenvalue weighted by Crippen LogP contribution is -2.60. The van der Waals surface area contributed by atoms with E-state index in [4.69, 9.17) is 9.84 Å². The Kier molecular flexibility index (Phi) is 8.12. The number of carboxylic acid groups (broad SMARTS) is 1. The van der Waals surface area contributed by atoms with Crippen LogP contribution in [-0.4, -0.2) is 103 Å². The minimum Gasteiger partial charge on any atom is -0.480 e. The van der Waals surface area contributed by atoms with Gasteiger partial charge < -0.3 is 20.1 Å². The first-order valence-corrected chi connectivity index (χ1v) is 9.72. The zero-order valence-electron chi connectivity index (χ0n) is 16.3. The van der Waals surface area contributed by atoms with Crippen molar-refractivity contribution in [1.82, 2.24) is 20.0 Å². The van der Waals surface area contributed by atoms with Gasteiger partial charge >= 0.3 is 12.0 Å². The van der Waals surface area contributed by atoms with E-state index in [0.717, 1.165) is 58.6 Å². The molecule has 8 nitrogen and oxygen atoms in total. The Morgan fingerprint density at radius 2 is 2.00 bits per heavy atom. The number of likely N-dealkylation sites (N-methyl/N-ethyl adjacent to an activating group) is 1. The zero-order chi connectivity index (χ0) is 19.1. The van der Waals surface area contributed by atoms with Gasteiger partial charge in [0.05, 0.1) is 13.2 Å². The van der Waals surface area contributed by atoms with Gasteiger partial charge in [-0.1, -0.05) is 13.8 Å². The maximum Gasteiger partial charge on any atom is 0.317 e. The Bertz CT molecular complexity index is 470. The average Bonchev–Trinajstić information content (AvgIpc) is 2.60. The largest absolute Gasteiger partial charge is 0.480 e. The van der Waals surface area contributed by atoms with Gasteiger partial charge in [0, 0.05) is 51.4 Å². The third-order valence-electron chi connectivity index (χ3n) is 5.65. The first-order chi connectivity index (χ1) is 12.5. The molecule has 2 fully saturated rings. The van der Waals surface area contributed by atoms with Gasteiger partial charge in [-0.15, -0.1) is 0 Å². The summed E-state index contributed by atoms with van der Waals surface area (Å²) >= 11 is 0. The second kappa shape index (κ2) is 10.1. The van der Waals surface area contributed by atoms with E-state index in [1.807, 2.05) is 16.7 Å². The molecule has 0 spiro atoms. The first-order valence-electron chi connectivity index (χ1n) is 9.72. The minimum atomic E-state index is -0.795. The molecule has 0 aromatic carbocycles. The lowest BCUT2D eigenvalue weighted by atomic mass is 9.85. The number of methoxy groups -OCH3 is 1. The molecule has 1 saturated heterocycles. The molecular weight excluding hydrogens is 336 g/mol. The monoisotopic (exact) mass is 370 g/mol. The number of hydrogen-bond donors (Lipinski definition) is 2. The summed E-state index contributed by atoms with van der Waals surface area (Å²) in [6.45, 7) is 8.92. The highest BCUT2D eigenvalue weighted by molar-refractivity contribution is 5.75. The fourth-order valence-electron chi connectivity index (χ4n) is 3.91. The van der Waals surface area contributed by atoms with Crippen molar-refractivity contribution in [3.63, 3.8) is 0 Å². The second-order valence-electron chi connectivity index (χ2n) is 7.27. The van der Waals surface area contributed by atoms with Crippen molar-refractivity contribution in [3.8, 4) is 0 Å². The molecule has 0 aromatic heterocycles. The molecular formula is C18H34N4O4. The van der Waals surface area contributed by atoms with Gasteiger partial charge in [0.2, 0.25) is 0 Å². The maximum absolute atomic E-state index is 12.6. The maximum atomic E-state index is 12.6. The highest BCUT2D eigenvalue weighted by atomic mass is 16.5. The highest BCUT2D eigenvalue weighted by Gasteiger charge is 2.36. The van der Waals surface area contributed by atoms with Crippen molar-refractivity contribution in [2.45, 2.75) is 51.2 Å². The van der Waals surface area contributed by atoms with E-state index in [1.54, 1.807) is 7.11 Å². The van der Waals surface area contributed by atoms with Crippen LogP contribution in [0.1, 0.15) is 33.1 Å². The molecule has 1 heterocycles. The van der Waals surface area contributed by atoms with Crippen LogP contribution in [0.15, 0.2) is 0 Å². The van der Waals surface area contributed by atoms with E-state index in [-0.39, 0.29) is 24.7 Å². The third kappa shape index (κ3) is 5.56. The lowest BCUT2D eigenvalue weighted by Gasteiger charge is -2.44. The zero-order valence-corrected chi connectivity index (χ0v) is 16.3. The number of nitrogens with one attached hydrogen (secondary N) is 1. The van der Waals surface area contributed by atoms with Gasteiger partial charge in [0.25, 0.3) is 0 Å². The summed E-state index contributed by atoms with van der Waals surface area (Å²) in [5.41, 5.74) is 0. The Labute approximate surface area is 156 Å². The number of carbonyl (C=O) groups is 2. The van der Waals surface area contributed by atoms with E-state index in [0.29, 0.717) is 6.04 Å². The second-order valence-corrected chi connectivity index (χ2v) is 7.27. The van der Waals surface area contributed by atoms with Crippen molar-refractivity contribution in [2.24, 2.45) is 0 Å². The van der Waals surface area contributed by atoms with Crippen LogP contribution in [0.3, 0.4) is 0 Å². The van der Waals surface area contributed by atoms with Gasteiger partial charge in [-0.25, -0.2) is 4.79 Å². The molecule has 0 aromatic rings. The molecule has 2 aliphatic rings. The summed E-state index contributed by atoms with van der Waals surface area (Å²) in [6.07, 6.45) is 2.68. The van der Waals surface area contributed by atoms with Crippen LogP contribution < -0.4 is 5.32 Å². The number of rotatable bonds is 9.